The van der Waals surface area contributed by atoms with Crippen LogP contribution in [0.2, 0.25) is 0 Å². The summed E-state index contributed by atoms with van der Waals surface area (Å²) in [4.78, 5) is 17.1. The fraction of sp³-hybridized carbons (Fsp3) is 0.500. The van der Waals surface area contributed by atoms with E-state index in [1.807, 2.05) is 19.1 Å². The number of benzene rings is 2. The molecule has 2 aromatic carbocycles. The van der Waals surface area contributed by atoms with Crippen LogP contribution in [0, 0.1) is 12.7 Å². The molecule has 1 fully saturated rings. The van der Waals surface area contributed by atoms with Crippen molar-refractivity contribution in [3.63, 3.8) is 0 Å². The fourth-order valence-electron chi connectivity index (χ4n) is 4.28. The van der Waals surface area contributed by atoms with Gasteiger partial charge in [-0.05, 0) is 43.0 Å². The Labute approximate surface area is 196 Å². The van der Waals surface area contributed by atoms with Gasteiger partial charge in [0.1, 0.15) is 12.7 Å². The van der Waals surface area contributed by atoms with Crippen molar-refractivity contribution >= 4 is 11.6 Å². The van der Waals surface area contributed by atoms with E-state index in [9.17, 15) is 14.3 Å². The third-order valence-corrected chi connectivity index (χ3v) is 6.12. The first kappa shape index (κ1) is 25.1. The van der Waals surface area contributed by atoms with Gasteiger partial charge in [0.25, 0.3) is 0 Å². The van der Waals surface area contributed by atoms with E-state index >= 15 is 0 Å². The summed E-state index contributed by atoms with van der Waals surface area (Å²) in [7, 11) is 0. The van der Waals surface area contributed by atoms with Crippen LogP contribution in [-0.2, 0) is 4.79 Å². The second-order valence-corrected chi connectivity index (χ2v) is 9.22. The number of hydrogen-bond acceptors (Lipinski definition) is 5. The number of nitrogens with one attached hydrogen (secondary N) is 1. The standard InChI is InChI=1S/C26H36FN3O3/c1-18(2)22-9-7-8-19(3)26(22)28-25(32)16-29-12-13-30(20(4)14-29)15-21(31)17-33-24-11-6-5-10-23(24)27/h5-11,18,20-21,31H,12-17H2,1-4H3,(H,28,32)/t20-,21-/m0/s1. The smallest absolute Gasteiger partial charge is 0.238 e. The van der Waals surface area contributed by atoms with Crippen molar-refractivity contribution in [2.75, 3.05) is 44.6 Å². The molecule has 0 unspecified atom stereocenters. The number of carbonyl (C=O) groups excluding carboxylic acids is 1. The highest BCUT2D eigenvalue weighted by molar-refractivity contribution is 5.94. The molecule has 2 aromatic rings. The molecule has 0 aliphatic carbocycles. The molecule has 2 N–H and O–H groups in total. The summed E-state index contributed by atoms with van der Waals surface area (Å²) in [5.74, 6) is 0.0357. The van der Waals surface area contributed by atoms with Crippen molar-refractivity contribution in [1.29, 1.82) is 0 Å². The predicted molar refractivity (Wildman–Crippen MR) is 129 cm³/mol. The number of piperazine rings is 1. The van der Waals surface area contributed by atoms with E-state index in [1.165, 1.54) is 6.07 Å². The average molecular weight is 458 g/mol. The van der Waals surface area contributed by atoms with E-state index in [0.29, 0.717) is 19.0 Å². The molecule has 2 atom stereocenters. The van der Waals surface area contributed by atoms with Crippen LogP contribution in [0.25, 0.3) is 0 Å². The van der Waals surface area contributed by atoms with Gasteiger partial charge in [0.05, 0.1) is 6.54 Å². The van der Waals surface area contributed by atoms with Gasteiger partial charge in [-0.1, -0.05) is 44.2 Å². The lowest BCUT2D eigenvalue weighted by Gasteiger charge is -2.40. The van der Waals surface area contributed by atoms with Crippen LogP contribution in [0.3, 0.4) is 0 Å². The number of aliphatic hydroxyl groups excluding tert-OH is 1. The van der Waals surface area contributed by atoms with Crippen LogP contribution >= 0.6 is 0 Å². The first-order valence-corrected chi connectivity index (χ1v) is 11.7. The first-order chi connectivity index (χ1) is 15.7. The monoisotopic (exact) mass is 457 g/mol. The summed E-state index contributed by atoms with van der Waals surface area (Å²) in [5, 5.41) is 13.5. The second-order valence-electron chi connectivity index (χ2n) is 9.22. The maximum Gasteiger partial charge on any atom is 0.238 e. The fourth-order valence-corrected chi connectivity index (χ4v) is 4.28. The van der Waals surface area contributed by atoms with Gasteiger partial charge in [-0.15, -0.1) is 0 Å². The zero-order chi connectivity index (χ0) is 24.0. The molecule has 1 heterocycles. The molecule has 180 valence electrons. The molecule has 0 saturated carbocycles. The Balaban J connectivity index is 1.46. The van der Waals surface area contributed by atoms with Crippen LogP contribution < -0.4 is 10.1 Å². The maximum absolute atomic E-state index is 13.7. The van der Waals surface area contributed by atoms with Crippen molar-refractivity contribution in [1.82, 2.24) is 9.80 Å². The van der Waals surface area contributed by atoms with Gasteiger partial charge in [0.2, 0.25) is 5.91 Å². The number of rotatable bonds is 9. The minimum Gasteiger partial charge on any atom is -0.488 e. The van der Waals surface area contributed by atoms with Crippen molar-refractivity contribution in [3.05, 3.63) is 59.4 Å². The quantitative estimate of drug-likeness (QED) is 0.602. The molecule has 3 rings (SSSR count). The summed E-state index contributed by atoms with van der Waals surface area (Å²) in [6.45, 7) is 11.4. The number of aliphatic hydroxyl groups is 1. The van der Waals surface area contributed by atoms with Gasteiger partial charge in [-0.2, -0.15) is 0 Å². The topological polar surface area (TPSA) is 65.0 Å². The number of aryl methyl sites for hydroxylation is 1. The lowest BCUT2D eigenvalue weighted by molar-refractivity contribution is -0.118. The zero-order valence-electron chi connectivity index (χ0n) is 20.1. The first-order valence-electron chi connectivity index (χ1n) is 11.7. The number of halogens is 1. The lowest BCUT2D eigenvalue weighted by atomic mass is 9.98. The molecule has 1 saturated heterocycles. The van der Waals surface area contributed by atoms with Gasteiger partial charge >= 0.3 is 0 Å². The van der Waals surface area contributed by atoms with Gasteiger partial charge < -0.3 is 15.2 Å². The maximum atomic E-state index is 13.7. The summed E-state index contributed by atoms with van der Waals surface area (Å²) in [5.41, 5.74) is 3.13. The second kappa shape index (κ2) is 11.6. The van der Waals surface area contributed by atoms with E-state index in [0.717, 1.165) is 36.4 Å². The third kappa shape index (κ3) is 7.00. The highest BCUT2D eigenvalue weighted by atomic mass is 19.1. The molecular formula is C26H36FN3O3. The molecule has 7 heteroatoms. The molecule has 1 amide bonds. The Morgan fingerprint density at radius 1 is 1.21 bits per heavy atom. The minimum absolute atomic E-state index is 0.00910. The summed E-state index contributed by atoms with van der Waals surface area (Å²) in [6, 6.07) is 12.5. The average Bonchev–Trinajstić information content (AvgIpc) is 2.76. The molecule has 6 nitrogen and oxygen atoms in total. The number of carbonyl (C=O) groups is 1. The summed E-state index contributed by atoms with van der Waals surface area (Å²) < 4.78 is 19.1. The van der Waals surface area contributed by atoms with Crippen molar-refractivity contribution < 1.29 is 19.0 Å². The Kier molecular flexibility index (Phi) is 8.83. The highest BCUT2D eigenvalue weighted by Crippen LogP contribution is 2.27. The molecule has 0 spiro atoms. The molecule has 1 aliphatic heterocycles. The van der Waals surface area contributed by atoms with Gasteiger partial charge in [0.15, 0.2) is 11.6 Å². The number of anilines is 1. The van der Waals surface area contributed by atoms with Crippen LogP contribution in [-0.4, -0.2) is 72.3 Å². The Bertz CT molecular complexity index is 937. The van der Waals surface area contributed by atoms with Crippen molar-refractivity contribution in [3.8, 4) is 5.75 Å². The molecule has 33 heavy (non-hydrogen) atoms. The molecular weight excluding hydrogens is 421 g/mol. The number of nitrogens with zero attached hydrogens (tertiary/aromatic N) is 2. The normalized spacial score (nSPS) is 18.3. The van der Waals surface area contributed by atoms with Gasteiger partial charge in [-0.3, -0.25) is 14.6 Å². The number of ether oxygens (including phenoxy) is 1. The minimum atomic E-state index is -0.725. The van der Waals surface area contributed by atoms with Crippen LogP contribution in [0.1, 0.15) is 37.8 Å². The number of amides is 1. The SMILES string of the molecule is Cc1cccc(C(C)C)c1NC(=O)CN1CCN(C[C@H](O)COc2ccccc2F)[C@@H](C)C1. The van der Waals surface area contributed by atoms with Crippen LogP contribution in [0.4, 0.5) is 10.1 Å². The number of para-hydroxylation sites is 2. The third-order valence-electron chi connectivity index (χ3n) is 6.12. The lowest BCUT2D eigenvalue weighted by Crippen LogP contribution is -2.55. The molecule has 0 bridgehead atoms. The van der Waals surface area contributed by atoms with E-state index < -0.39 is 11.9 Å². The van der Waals surface area contributed by atoms with E-state index in [-0.39, 0.29) is 24.3 Å². The van der Waals surface area contributed by atoms with Crippen LogP contribution in [0.5, 0.6) is 5.75 Å². The summed E-state index contributed by atoms with van der Waals surface area (Å²) >= 11 is 0. The Morgan fingerprint density at radius 2 is 1.97 bits per heavy atom. The van der Waals surface area contributed by atoms with Gasteiger partial charge in [0, 0.05) is 37.9 Å². The van der Waals surface area contributed by atoms with Crippen molar-refractivity contribution in [2.45, 2.75) is 45.8 Å². The van der Waals surface area contributed by atoms with E-state index in [2.05, 4.69) is 42.0 Å². The molecule has 0 radical (unpaired) electrons. The highest BCUT2D eigenvalue weighted by Gasteiger charge is 2.27. The number of β-amino-alcohol motifs (C(OH)–C–C–N with tert-alkyl or cyclic N) is 1. The van der Waals surface area contributed by atoms with Crippen LogP contribution in [0.15, 0.2) is 42.5 Å². The largest absolute Gasteiger partial charge is 0.488 e. The predicted octanol–water partition coefficient (Wildman–Crippen LogP) is 3.64. The molecule has 1 aliphatic rings. The Morgan fingerprint density at radius 3 is 2.67 bits per heavy atom. The Hall–Kier alpha value is -2.48. The molecule has 0 aromatic heterocycles. The zero-order valence-corrected chi connectivity index (χ0v) is 20.1. The summed E-state index contributed by atoms with van der Waals surface area (Å²) in [6.07, 6.45) is -0.725. The van der Waals surface area contributed by atoms with Gasteiger partial charge in [-0.25, -0.2) is 4.39 Å². The van der Waals surface area contributed by atoms with E-state index in [4.69, 9.17) is 4.74 Å². The van der Waals surface area contributed by atoms with E-state index in [1.54, 1.807) is 18.2 Å². The number of hydrogen-bond donors (Lipinski definition) is 2. The van der Waals surface area contributed by atoms with Crippen molar-refractivity contribution in [2.24, 2.45) is 0 Å².